The van der Waals surface area contributed by atoms with E-state index in [-0.39, 0.29) is 5.76 Å². The average Bonchev–Trinajstić information content (AvgIpc) is 2.54. The Kier molecular flexibility index (Phi) is 3.75. The Morgan fingerprint density at radius 1 is 0.864 bits per heavy atom. The van der Waals surface area contributed by atoms with E-state index in [0.29, 0.717) is 5.56 Å². The molecule has 0 saturated heterocycles. The van der Waals surface area contributed by atoms with E-state index >= 15 is 0 Å². The molecule has 108 valence electrons. The first kappa shape index (κ1) is 14.1. The van der Waals surface area contributed by atoms with E-state index in [0.717, 1.165) is 17.0 Å². The third kappa shape index (κ3) is 2.63. The van der Waals surface area contributed by atoms with Crippen LogP contribution >= 0.6 is 0 Å². The molecule has 0 saturated carbocycles. The zero-order chi connectivity index (χ0) is 15.5. The van der Waals surface area contributed by atoms with Crippen molar-refractivity contribution in [2.75, 3.05) is 0 Å². The molecular formula is C20H17NO. The second-order valence-electron chi connectivity index (χ2n) is 5.19. The lowest BCUT2D eigenvalue weighted by molar-refractivity contribution is 0.514. The minimum Gasteiger partial charge on any atom is -0.508 e. The molecule has 3 rings (SSSR count). The van der Waals surface area contributed by atoms with Gasteiger partial charge in [-0.1, -0.05) is 61.2 Å². The van der Waals surface area contributed by atoms with Gasteiger partial charge in [-0.25, -0.2) is 0 Å². The fraction of sp³-hybridized carbons (Fsp3) is 0.0500. The molecule has 2 heteroatoms. The summed E-state index contributed by atoms with van der Waals surface area (Å²) in [7, 11) is 0. The smallest absolute Gasteiger partial charge is 0.117 e. The highest BCUT2D eigenvalue weighted by Gasteiger charge is 2.07. The number of hydrogen-bond donors (Lipinski definition) is 1. The summed E-state index contributed by atoms with van der Waals surface area (Å²) in [6.45, 7) is 5.59. The van der Waals surface area contributed by atoms with Crippen LogP contribution in [0.1, 0.15) is 18.1 Å². The topological polar surface area (TPSA) is 32.6 Å². The first-order valence-electron chi connectivity index (χ1n) is 7.17. The lowest BCUT2D eigenvalue weighted by Crippen LogP contribution is -1.96. The average molecular weight is 287 g/mol. The first-order chi connectivity index (χ1) is 10.7. The Morgan fingerprint density at radius 2 is 1.50 bits per heavy atom. The standard InChI is InChI=1S/C20H17NO/c1-14(21-20-13-6-5-10-18(20)15(2)22)17-12-7-9-16-8-3-4-11-19(16)17/h3-13,22H,2H2,1H3. The van der Waals surface area contributed by atoms with Gasteiger partial charge in [0.25, 0.3) is 0 Å². The highest BCUT2D eigenvalue weighted by Crippen LogP contribution is 2.26. The quantitative estimate of drug-likeness (QED) is 0.500. The van der Waals surface area contributed by atoms with E-state index in [2.05, 4.69) is 30.8 Å². The minimum absolute atomic E-state index is 0.0325. The monoisotopic (exact) mass is 287 g/mol. The van der Waals surface area contributed by atoms with E-state index in [4.69, 9.17) is 4.99 Å². The molecule has 0 aliphatic heterocycles. The molecule has 0 aliphatic carbocycles. The van der Waals surface area contributed by atoms with Crippen molar-refractivity contribution in [3.8, 4) is 0 Å². The Labute approximate surface area is 130 Å². The Bertz CT molecular complexity index is 872. The molecule has 0 atom stereocenters. The molecule has 0 heterocycles. The third-order valence-corrected chi connectivity index (χ3v) is 3.68. The number of fused-ring (bicyclic) bond motifs is 1. The SMILES string of the molecule is C=C(O)c1ccccc1N=C(C)c1cccc2ccccc12. The number of benzene rings is 3. The van der Waals surface area contributed by atoms with E-state index in [1.807, 2.05) is 49.4 Å². The van der Waals surface area contributed by atoms with Gasteiger partial charge in [0.05, 0.1) is 5.69 Å². The Hall–Kier alpha value is -2.87. The lowest BCUT2D eigenvalue weighted by Gasteiger charge is -2.08. The van der Waals surface area contributed by atoms with Crippen LogP contribution in [0.2, 0.25) is 0 Å². The van der Waals surface area contributed by atoms with Crippen LogP contribution in [0.5, 0.6) is 0 Å². The highest BCUT2D eigenvalue weighted by atomic mass is 16.3. The molecule has 0 spiro atoms. The maximum absolute atomic E-state index is 9.70. The van der Waals surface area contributed by atoms with Crippen LogP contribution in [0, 0.1) is 0 Å². The predicted molar refractivity (Wildman–Crippen MR) is 93.9 cm³/mol. The van der Waals surface area contributed by atoms with Gasteiger partial charge >= 0.3 is 0 Å². The molecule has 1 N–H and O–H groups in total. The molecule has 2 nitrogen and oxygen atoms in total. The molecule has 22 heavy (non-hydrogen) atoms. The highest BCUT2D eigenvalue weighted by molar-refractivity contribution is 6.10. The molecule has 0 unspecified atom stereocenters. The lowest BCUT2D eigenvalue weighted by atomic mass is 10.0. The molecule has 0 radical (unpaired) electrons. The van der Waals surface area contributed by atoms with E-state index in [1.54, 1.807) is 0 Å². The van der Waals surface area contributed by atoms with Crippen molar-refractivity contribution in [1.29, 1.82) is 0 Å². The van der Waals surface area contributed by atoms with Crippen LogP contribution in [0.3, 0.4) is 0 Å². The van der Waals surface area contributed by atoms with Gasteiger partial charge in [0, 0.05) is 16.8 Å². The zero-order valence-electron chi connectivity index (χ0n) is 12.5. The van der Waals surface area contributed by atoms with Crippen molar-refractivity contribution < 1.29 is 5.11 Å². The summed E-state index contributed by atoms with van der Waals surface area (Å²) >= 11 is 0. The van der Waals surface area contributed by atoms with Gasteiger partial charge in [-0.15, -0.1) is 0 Å². The second-order valence-corrected chi connectivity index (χ2v) is 5.19. The van der Waals surface area contributed by atoms with Gasteiger partial charge in [0.1, 0.15) is 5.76 Å². The maximum Gasteiger partial charge on any atom is 0.117 e. The molecular weight excluding hydrogens is 270 g/mol. The van der Waals surface area contributed by atoms with Gasteiger partial charge < -0.3 is 5.11 Å². The largest absolute Gasteiger partial charge is 0.508 e. The summed E-state index contributed by atoms with van der Waals surface area (Å²) in [6.07, 6.45) is 0. The minimum atomic E-state index is 0.0325. The number of aliphatic hydroxyl groups is 1. The van der Waals surface area contributed by atoms with Crippen LogP contribution < -0.4 is 0 Å². The van der Waals surface area contributed by atoms with E-state index < -0.39 is 0 Å². The summed E-state index contributed by atoms with van der Waals surface area (Å²) < 4.78 is 0. The molecule has 3 aromatic rings. The summed E-state index contributed by atoms with van der Waals surface area (Å²) in [5, 5.41) is 12.1. The maximum atomic E-state index is 9.70. The van der Waals surface area contributed by atoms with Gasteiger partial charge in [0.15, 0.2) is 0 Å². The number of aliphatic imine (C=N–C) groups is 1. The summed E-state index contributed by atoms with van der Waals surface area (Å²) in [6, 6.07) is 21.9. The van der Waals surface area contributed by atoms with Crippen LogP contribution in [0.25, 0.3) is 16.5 Å². The number of nitrogens with zero attached hydrogens (tertiary/aromatic N) is 1. The van der Waals surface area contributed by atoms with Crippen molar-refractivity contribution >= 4 is 27.9 Å². The van der Waals surface area contributed by atoms with Gasteiger partial charge in [-0.05, 0) is 29.8 Å². The normalized spacial score (nSPS) is 11.6. The summed E-state index contributed by atoms with van der Waals surface area (Å²) in [5.74, 6) is 0.0325. The van der Waals surface area contributed by atoms with Crippen LogP contribution in [0.15, 0.2) is 78.3 Å². The number of aliphatic hydroxyl groups excluding tert-OH is 1. The fourth-order valence-corrected chi connectivity index (χ4v) is 2.60. The summed E-state index contributed by atoms with van der Waals surface area (Å²) in [5.41, 5.74) is 3.38. The van der Waals surface area contributed by atoms with Crippen LogP contribution in [-0.4, -0.2) is 10.8 Å². The predicted octanol–water partition coefficient (Wildman–Crippen LogP) is 5.51. The third-order valence-electron chi connectivity index (χ3n) is 3.68. The molecule has 0 aromatic heterocycles. The number of rotatable bonds is 3. The van der Waals surface area contributed by atoms with Gasteiger partial charge in [-0.2, -0.15) is 0 Å². The molecule has 3 aromatic carbocycles. The zero-order valence-corrected chi connectivity index (χ0v) is 12.5. The molecule has 0 fully saturated rings. The fourth-order valence-electron chi connectivity index (χ4n) is 2.60. The van der Waals surface area contributed by atoms with Crippen molar-refractivity contribution in [1.82, 2.24) is 0 Å². The van der Waals surface area contributed by atoms with Gasteiger partial charge in [-0.3, -0.25) is 4.99 Å². The summed E-state index contributed by atoms with van der Waals surface area (Å²) in [4.78, 5) is 4.70. The van der Waals surface area contributed by atoms with Crippen molar-refractivity contribution in [2.24, 2.45) is 4.99 Å². The van der Waals surface area contributed by atoms with Crippen LogP contribution in [-0.2, 0) is 0 Å². The Balaban J connectivity index is 2.14. The second kappa shape index (κ2) is 5.86. The number of para-hydroxylation sites is 1. The molecule has 0 bridgehead atoms. The van der Waals surface area contributed by atoms with E-state index in [9.17, 15) is 5.11 Å². The molecule has 0 aliphatic rings. The van der Waals surface area contributed by atoms with E-state index in [1.165, 1.54) is 10.8 Å². The number of hydrogen-bond acceptors (Lipinski definition) is 2. The van der Waals surface area contributed by atoms with Gasteiger partial charge in [0.2, 0.25) is 0 Å². The van der Waals surface area contributed by atoms with Crippen LogP contribution in [0.4, 0.5) is 5.69 Å². The van der Waals surface area contributed by atoms with Crippen molar-refractivity contribution in [2.45, 2.75) is 6.92 Å². The molecule has 0 amide bonds. The first-order valence-corrected chi connectivity index (χ1v) is 7.17. The van der Waals surface area contributed by atoms with Crippen molar-refractivity contribution in [3.05, 3.63) is 84.4 Å². The van der Waals surface area contributed by atoms with Crippen molar-refractivity contribution in [3.63, 3.8) is 0 Å². The Morgan fingerprint density at radius 3 is 2.32 bits per heavy atom.